The molecule has 4 rings (SSSR count). The Morgan fingerprint density at radius 3 is 2.72 bits per heavy atom. The maximum absolute atomic E-state index is 9.45. The van der Waals surface area contributed by atoms with Gasteiger partial charge in [-0.3, -0.25) is 4.98 Å². The average Bonchev–Trinajstić information content (AvgIpc) is 3.27. The predicted molar refractivity (Wildman–Crippen MR) is 131 cm³/mol. The number of aromatic nitrogens is 2. The molecule has 1 aliphatic heterocycles. The molecule has 8 heteroatoms. The molecule has 0 radical (unpaired) electrons. The van der Waals surface area contributed by atoms with Crippen LogP contribution in [0, 0.1) is 13.8 Å². The lowest BCUT2D eigenvalue weighted by atomic mass is 9.96. The number of hydrogen-bond acceptors (Lipinski definition) is 4. The SMILES string of the molecule is COc1ccc(Cl)cc1-n1c(C)cc(C2C(c3ccccn3)NC(=S)N2CCCO)c1C. The predicted octanol–water partition coefficient (Wildman–Crippen LogP) is 4.51. The number of hydrogen-bond donors (Lipinski definition) is 2. The Morgan fingerprint density at radius 2 is 2.03 bits per heavy atom. The van der Waals surface area contributed by atoms with E-state index in [4.69, 9.17) is 28.6 Å². The number of nitrogens with zero attached hydrogens (tertiary/aromatic N) is 3. The van der Waals surface area contributed by atoms with Crippen LogP contribution in [0.2, 0.25) is 5.02 Å². The number of benzene rings is 1. The van der Waals surface area contributed by atoms with E-state index in [9.17, 15) is 5.11 Å². The second-order valence-electron chi connectivity index (χ2n) is 7.88. The average molecular weight is 471 g/mol. The van der Waals surface area contributed by atoms with E-state index in [-0.39, 0.29) is 18.7 Å². The number of methoxy groups -OCH3 is 1. The van der Waals surface area contributed by atoms with Gasteiger partial charge in [-0.05, 0) is 74.4 Å². The normalized spacial score (nSPS) is 18.2. The Hall–Kier alpha value is -2.61. The smallest absolute Gasteiger partial charge is 0.170 e. The van der Waals surface area contributed by atoms with E-state index in [1.165, 1.54) is 0 Å². The van der Waals surface area contributed by atoms with Crippen molar-refractivity contribution in [2.45, 2.75) is 32.4 Å². The molecule has 2 aromatic heterocycles. The third-order valence-corrected chi connectivity index (χ3v) is 6.51. The molecule has 2 unspecified atom stereocenters. The van der Waals surface area contributed by atoms with Crippen LogP contribution in [0.3, 0.4) is 0 Å². The fourth-order valence-corrected chi connectivity index (χ4v) is 5.02. The summed E-state index contributed by atoms with van der Waals surface area (Å²) in [5, 5.41) is 14.2. The number of aryl methyl sites for hydroxylation is 1. The van der Waals surface area contributed by atoms with Crippen LogP contribution in [0.25, 0.3) is 5.69 Å². The summed E-state index contributed by atoms with van der Waals surface area (Å²) in [5.41, 5.74) is 5.11. The third kappa shape index (κ3) is 4.08. The van der Waals surface area contributed by atoms with Gasteiger partial charge in [0.1, 0.15) is 5.75 Å². The molecule has 1 aromatic carbocycles. The molecule has 1 aliphatic rings. The van der Waals surface area contributed by atoms with Gasteiger partial charge in [-0.15, -0.1) is 0 Å². The van der Waals surface area contributed by atoms with Gasteiger partial charge in [-0.25, -0.2) is 0 Å². The molecule has 0 aliphatic carbocycles. The zero-order valence-electron chi connectivity index (χ0n) is 18.4. The first-order valence-electron chi connectivity index (χ1n) is 10.6. The minimum atomic E-state index is -0.0994. The first-order chi connectivity index (χ1) is 15.5. The number of rotatable bonds is 7. The van der Waals surface area contributed by atoms with Gasteiger partial charge in [-0.1, -0.05) is 17.7 Å². The molecular formula is C24H27ClN4O2S. The summed E-state index contributed by atoms with van der Waals surface area (Å²) in [7, 11) is 1.66. The minimum absolute atomic E-state index is 0.0610. The summed E-state index contributed by atoms with van der Waals surface area (Å²) in [4.78, 5) is 6.76. The maximum Gasteiger partial charge on any atom is 0.170 e. The molecule has 0 spiro atoms. The Kier molecular flexibility index (Phi) is 6.69. The lowest BCUT2D eigenvalue weighted by Crippen LogP contribution is -2.31. The van der Waals surface area contributed by atoms with Crippen molar-refractivity contribution < 1.29 is 9.84 Å². The number of thiocarbonyl (C=S) groups is 1. The van der Waals surface area contributed by atoms with Crippen LogP contribution in [-0.2, 0) is 0 Å². The van der Waals surface area contributed by atoms with E-state index in [1.807, 2.05) is 36.4 Å². The first-order valence-corrected chi connectivity index (χ1v) is 11.4. The molecule has 1 saturated heterocycles. The first kappa shape index (κ1) is 22.6. The van der Waals surface area contributed by atoms with Gasteiger partial charge in [0.25, 0.3) is 0 Å². The topological polar surface area (TPSA) is 62.5 Å². The zero-order valence-corrected chi connectivity index (χ0v) is 20.0. The molecular weight excluding hydrogens is 444 g/mol. The van der Waals surface area contributed by atoms with Gasteiger partial charge in [0.2, 0.25) is 0 Å². The largest absolute Gasteiger partial charge is 0.495 e. The van der Waals surface area contributed by atoms with Gasteiger partial charge >= 0.3 is 0 Å². The second-order valence-corrected chi connectivity index (χ2v) is 8.70. The third-order valence-electron chi connectivity index (χ3n) is 5.93. The quantitative estimate of drug-likeness (QED) is 0.495. The van der Waals surface area contributed by atoms with E-state index in [0.717, 1.165) is 34.1 Å². The maximum atomic E-state index is 9.45. The van der Waals surface area contributed by atoms with E-state index in [0.29, 0.717) is 23.1 Å². The van der Waals surface area contributed by atoms with Crippen LogP contribution < -0.4 is 10.1 Å². The van der Waals surface area contributed by atoms with Crippen LogP contribution in [0.5, 0.6) is 5.75 Å². The highest BCUT2D eigenvalue weighted by Gasteiger charge is 2.41. The Labute approximate surface area is 198 Å². The van der Waals surface area contributed by atoms with Crippen LogP contribution in [-0.4, -0.2) is 44.9 Å². The second kappa shape index (κ2) is 9.48. The molecule has 32 heavy (non-hydrogen) atoms. The number of aliphatic hydroxyl groups is 1. The lowest BCUT2D eigenvalue weighted by molar-refractivity contribution is 0.247. The van der Waals surface area contributed by atoms with Crippen LogP contribution >= 0.6 is 23.8 Å². The molecule has 3 heterocycles. The molecule has 0 amide bonds. The van der Waals surface area contributed by atoms with E-state index < -0.39 is 0 Å². The molecule has 168 valence electrons. The molecule has 2 atom stereocenters. The standard InChI is InChI=1S/C24H27ClN4O2S/c1-15-13-18(16(2)29(15)20-14-17(25)8-9-21(20)31-3)23-22(19-7-4-5-10-26-19)27-24(32)28(23)11-6-12-30/h4-5,7-10,13-14,22-23,30H,6,11-12H2,1-3H3,(H,27,32). The molecule has 6 nitrogen and oxygen atoms in total. The van der Waals surface area contributed by atoms with Crippen molar-refractivity contribution in [3.8, 4) is 11.4 Å². The minimum Gasteiger partial charge on any atom is -0.495 e. The summed E-state index contributed by atoms with van der Waals surface area (Å²) in [6.07, 6.45) is 2.43. The van der Waals surface area contributed by atoms with Crippen molar-refractivity contribution in [3.05, 3.63) is 76.3 Å². The summed E-state index contributed by atoms with van der Waals surface area (Å²) in [6, 6.07) is 13.6. The van der Waals surface area contributed by atoms with Crippen LogP contribution in [0.1, 0.15) is 41.1 Å². The number of nitrogens with one attached hydrogen (secondary N) is 1. The van der Waals surface area contributed by atoms with Crippen molar-refractivity contribution in [3.63, 3.8) is 0 Å². The monoisotopic (exact) mass is 470 g/mol. The summed E-state index contributed by atoms with van der Waals surface area (Å²) >= 11 is 12.0. The number of pyridine rings is 1. The lowest BCUT2D eigenvalue weighted by Gasteiger charge is -2.28. The molecule has 0 saturated carbocycles. The number of aliphatic hydroxyl groups excluding tert-OH is 1. The molecule has 1 fully saturated rings. The fraction of sp³-hybridized carbons (Fsp3) is 0.333. The van der Waals surface area contributed by atoms with Crippen LogP contribution in [0.15, 0.2) is 48.7 Å². The Morgan fingerprint density at radius 1 is 1.22 bits per heavy atom. The highest BCUT2D eigenvalue weighted by molar-refractivity contribution is 7.80. The van der Waals surface area contributed by atoms with E-state index >= 15 is 0 Å². The zero-order chi connectivity index (χ0) is 22.8. The number of halogens is 1. The molecule has 0 bridgehead atoms. The molecule has 2 N–H and O–H groups in total. The van der Waals surface area contributed by atoms with Gasteiger partial charge in [0, 0.05) is 35.8 Å². The van der Waals surface area contributed by atoms with E-state index in [1.54, 1.807) is 13.3 Å². The highest BCUT2D eigenvalue weighted by Crippen LogP contribution is 2.42. The highest BCUT2D eigenvalue weighted by atomic mass is 35.5. The van der Waals surface area contributed by atoms with Crippen molar-refractivity contribution in [2.75, 3.05) is 20.3 Å². The Balaban J connectivity index is 1.85. The summed E-state index contributed by atoms with van der Waals surface area (Å²) < 4.78 is 7.79. The molecule has 3 aromatic rings. The van der Waals surface area contributed by atoms with Crippen LogP contribution in [0.4, 0.5) is 0 Å². The Bertz CT molecular complexity index is 1120. The van der Waals surface area contributed by atoms with Gasteiger partial charge < -0.3 is 24.6 Å². The summed E-state index contributed by atoms with van der Waals surface area (Å²) in [5.74, 6) is 0.751. The van der Waals surface area contributed by atoms with Crippen molar-refractivity contribution in [1.29, 1.82) is 0 Å². The van der Waals surface area contributed by atoms with E-state index in [2.05, 4.69) is 39.7 Å². The van der Waals surface area contributed by atoms with Crippen molar-refractivity contribution in [1.82, 2.24) is 19.8 Å². The van der Waals surface area contributed by atoms with Gasteiger partial charge in [0.05, 0.1) is 30.6 Å². The van der Waals surface area contributed by atoms with Gasteiger partial charge in [-0.2, -0.15) is 0 Å². The van der Waals surface area contributed by atoms with Gasteiger partial charge in [0.15, 0.2) is 5.11 Å². The van der Waals surface area contributed by atoms with Crippen molar-refractivity contribution >= 4 is 28.9 Å². The fourth-order valence-electron chi connectivity index (χ4n) is 4.52. The van der Waals surface area contributed by atoms with Crippen molar-refractivity contribution in [2.24, 2.45) is 0 Å². The summed E-state index contributed by atoms with van der Waals surface area (Å²) in [6.45, 7) is 4.94. The number of ether oxygens (including phenoxy) is 1.